The van der Waals surface area contributed by atoms with Crippen LogP contribution in [0, 0.1) is 5.82 Å². The lowest BCUT2D eigenvalue weighted by molar-refractivity contribution is 0.521. The molecule has 0 atom stereocenters. The maximum atomic E-state index is 13.3. The van der Waals surface area contributed by atoms with Crippen LogP contribution in [-0.2, 0) is 0 Å². The molecule has 1 heterocycles. The zero-order valence-corrected chi connectivity index (χ0v) is 7.51. The van der Waals surface area contributed by atoms with Crippen LogP contribution in [0.5, 0.6) is 0 Å². The van der Waals surface area contributed by atoms with E-state index in [-0.39, 0.29) is 16.5 Å². The molecule has 0 saturated carbocycles. The van der Waals surface area contributed by atoms with E-state index >= 15 is 0 Å². The molecular weight excluding hydrogens is 211 g/mol. The third-order valence-electron chi connectivity index (χ3n) is 1.62. The Labute approximate surface area is 82.3 Å². The fraction of sp³-hybridized carbons (Fsp3) is 0. The summed E-state index contributed by atoms with van der Waals surface area (Å²) < 4.78 is 17.9. The van der Waals surface area contributed by atoms with Crippen LogP contribution in [0.3, 0.4) is 0 Å². The number of benzene rings is 1. The predicted octanol–water partition coefficient (Wildman–Crippen LogP) is 1.82. The molecule has 0 aliphatic heterocycles. The van der Waals surface area contributed by atoms with E-state index in [2.05, 4.69) is 9.52 Å². The summed E-state index contributed by atoms with van der Waals surface area (Å²) >= 11 is 5.54. The minimum absolute atomic E-state index is 0.0480. The summed E-state index contributed by atoms with van der Waals surface area (Å²) in [7, 11) is 0. The second kappa shape index (κ2) is 3.26. The van der Waals surface area contributed by atoms with Crippen molar-refractivity contribution in [3.63, 3.8) is 0 Å². The van der Waals surface area contributed by atoms with Crippen LogP contribution in [0.25, 0.3) is 11.5 Å². The van der Waals surface area contributed by atoms with Crippen molar-refractivity contribution >= 4 is 11.6 Å². The number of aromatic nitrogens is 2. The Bertz CT molecular complexity index is 520. The summed E-state index contributed by atoms with van der Waals surface area (Å²) in [6.07, 6.45) is 0. The third kappa shape index (κ3) is 1.42. The topological polar surface area (TPSA) is 58.9 Å². The molecule has 14 heavy (non-hydrogen) atoms. The Balaban J connectivity index is 2.62. The van der Waals surface area contributed by atoms with E-state index < -0.39 is 11.6 Å². The first-order chi connectivity index (χ1) is 6.68. The molecule has 0 radical (unpaired) electrons. The van der Waals surface area contributed by atoms with E-state index in [0.29, 0.717) is 0 Å². The molecule has 0 aliphatic carbocycles. The Hall–Kier alpha value is -1.62. The minimum atomic E-state index is -0.737. The molecule has 0 saturated heterocycles. The predicted molar refractivity (Wildman–Crippen MR) is 47.5 cm³/mol. The number of hydrogen-bond acceptors (Lipinski definition) is 3. The van der Waals surface area contributed by atoms with Crippen molar-refractivity contribution in [3.05, 3.63) is 39.6 Å². The van der Waals surface area contributed by atoms with Gasteiger partial charge in [0.15, 0.2) is 5.82 Å². The average molecular weight is 215 g/mol. The fourth-order valence-corrected chi connectivity index (χ4v) is 1.19. The Morgan fingerprint density at radius 1 is 1.50 bits per heavy atom. The second-order valence-corrected chi connectivity index (χ2v) is 2.93. The molecule has 0 fully saturated rings. The van der Waals surface area contributed by atoms with E-state index in [1.54, 1.807) is 0 Å². The van der Waals surface area contributed by atoms with Crippen LogP contribution in [0.2, 0.25) is 5.02 Å². The number of rotatable bonds is 1. The summed E-state index contributed by atoms with van der Waals surface area (Å²) in [4.78, 5) is 10.6. The SMILES string of the molecule is O=c1[nH]nc(-c2cccc(Cl)c2F)o1. The van der Waals surface area contributed by atoms with Gasteiger partial charge in [-0.15, -0.1) is 5.10 Å². The van der Waals surface area contributed by atoms with Gasteiger partial charge >= 0.3 is 5.76 Å². The van der Waals surface area contributed by atoms with Crippen molar-refractivity contribution in [2.45, 2.75) is 0 Å². The molecule has 0 unspecified atom stereocenters. The standard InChI is InChI=1S/C8H4ClFN2O2/c9-5-3-1-2-4(6(5)10)7-11-12-8(13)14-7/h1-3H,(H,12,13). The molecule has 0 spiro atoms. The van der Waals surface area contributed by atoms with Crippen LogP contribution in [0.4, 0.5) is 4.39 Å². The molecule has 0 aliphatic rings. The van der Waals surface area contributed by atoms with Crippen molar-refractivity contribution in [2.75, 3.05) is 0 Å². The highest BCUT2D eigenvalue weighted by Crippen LogP contribution is 2.24. The zero-order valence-electron chi connectivity index (χ0n) is 6.75. The summed E-state index contributed by atoms with van der Waals surface area (Å²) in [5.74, 6) is -1.52. The van der Waals surface area contributed by atoms with Gasteiger partial charge in [-0.05, 0) is 12.1 Å². The number of hydrogen-bond donors (Lipinski definition) is 1. The highest BCUT2D eigenvalue weighted by Gasteiger charge is 2.12. The van der Waals surface area contributed by atoms with E-state index in [1.165, 1.54) is 18.2 Å². The van der Waals surface area contributed by atoms with Crippen LogP contribution in [-0.4, -0.2) is 10.2 Å². The number of H-pyrrole nitrogens is 1. The van der Waals surface area contributed by atoms with Gasteiger partial charge in [-0.3, -0.25) is 0 Å². The smallest absolute Gasteiger partial charge is 0.388 e. The van der Waals surface area contributed by atoms with Crippen molar-refractivity contribution in [3.8, 4) is 11.5 Å². The molecule has 1 aromatic heterocycles. The van der Waals surface area contributed by atoms with Gasteiger partial charge in [-0.1, -0.05) is 17.7 Å². The van der Waals surface area contributed by atoms with Gasteiger partial charge in [0.05, 0.1) is 10.6 Å². The van der Waals surface area contributed by atoms with Crippen molar-refractivity contribution in [1.82, 2.24) is 10.2 Å². The minimum Gasteiger partial charge on any atom is -0.388 e. The van der Waals surface area contributed by atoms with Gasteiger partial charge in [0, 0.05) is 0 Å². The van der Waals surface area contributed by atoms with E-state index in [4.69, 9.17) is 11.6 Å². The molecule has 4 nitrogen and oxygen atoms in total. The first-order valence-corrected chi connectivity index (χ1v) is 4.06. The number of aromatic amines is 1. The van der Waals surface area contributed by atoms with Gasteiger partial charge < -0.3 is 4.42 Å². The van der Waals surface area contributed by atoms with Crippen LogP contribution < -0.4 is 5.76 Å². The van der Waals surface area contributed by atoms with Gasteiger partial charge in [0.2, 0.25) is 0 Å². The first-order valence-electron chi connectivity index (χ1n) is 3.68. The molecule has 6 heteroatoms. The molecule has 0 bridgehead atoms. The summed E-state index contributed by atoms with van der Waals surface area (Å²) in [6, 6.07) is 4.35. The summed E-state index contributed by atoms with van der Waals surface area (Å²) in [5, 5.41) is 5.47. The average Bonchev–Trinajstić information content (AvgIpc) is 2.57. The molecule has 72 valence electrons. The van der Waals surface area contributed by atoms with E-state index in [0.717, 1.165) is 0 Å². The van der Waals surface area contributed by atoms with Crippen LogP contribution in [0.15, 0.2) is 27.4 Å². The van der Waals surface area contributed by atoms with Crippen molar-refractivity contribution < 1.29 is 8.81 Å². The van der Waals surface area contributed by atoms with Gasteiger partial charge in [-0.25, -0.2) is 14.3 Å². The monoisotopic (exact) mass is 214 g/mol. The summed E-state index contributed by atoms with van der Waals surface area (Å²) in [5.41, 5.74) is 0.0517. The first kappa shape index (κ1) is 8.96. The van der Waals surface area contributed by atoms with Gasteiger partial charge in [0.25, 0.3) is 5.89 Å². The zero-order chi connectivity index (χ0) is 10.1. The van der Waals surface area contributed by atoms with Crippen LogP contribution >= 0.6 is 11.6 Å². The second-order valence-electron chi connectivity index (χ2n) is 2.52. The van der Waals surface area contributed by atoms with Gasteiger partial charge in [0.1, 0.15) is 0 Å². The number of nitrogens with zero attached hydrogens (tertiary/aromatic N) is 1. The molecule has 0 amide bonds. The highest BCUT2D eigenvalue weighted by molar-refractivity contribution is 6.31. The van der Waals surface area contributed by atoms with E-state index in [9.17, 15) is 9.18 Å². The van der Waals surface area contributed by atoms with Crippen molar-refractivity contribution in [1.29, 1.82) is 0 Å². The number of nitrogens with one attached hydrogen (secondary N) is 1. The fourth-order valence-electron chi connectivity index (χ4n) is 1.01. The van der Waals surface area contributed by atoms with Crippen LogP contribution in [0.1, 0.15) is 0 Å². The maximum absolute atomic E-state index is 13.3. The highest BCUT2D eigenvalue weighted by atomic mass is 35.5. The molecule has 2 rings (SSSR count). The Morgan fingerprint density at radius 3 is 2.93 bits per heavy atom. The molecule has 1 aromatic carbocycles. The number of halogens is 2. The molecular formula is C8H4ClFN2O2. The normalized spacial score (nSPS) is 10.4. The molecule has 2 aromatic rings. The lowest BCUT2D eigenvalue weighted by atomic mass is 10.2. The van der Waals surface area contributed by atoms with Gasteiger partial charge in [-0.2, -0.15) is 0 Å². The quantitative estimate of drug-likeness (QED) is 0.788. The Morgan fingerprint density at radius 2 is 2.29 bits per heavy atom. The third-order valence-corrected chi connectivity index (χ3v) is 1.91. The van der Waals surface area contributed by atoms with Crippen molar-refractivity contribution in [2.24, 2.45) is 0 Å². The summed E-state index contributed by atoms with van der Waals surface area (Å²) in [6.45, 7) is 0. The van der Waals surface area contributed by atoms with E-state index in [1.807, 2.05) is 5.10 Å². The molecule has 1 N–H and O–H groups in total. The lowest BCUT2D eigenvalue weighted by Crippen LogP contribution is -1.93. The maximum Gasteiger partial charge on any atom is 0.434 e. The Kier molecular flexibility index (Phi) is 2.09. The largest absolute Gasteiger partial charge is 0.434 e. The lowest BCUT2D eigenvalue weighted by Gasteiger charge is -1.97.